The molecule has 150 valence electrons. The Morgan fingerprint density at radius 3 is 2.75 bits per heavy atom. The first-order valence-corrected chi connectivity index (χ1v) is 10.1. The van der Waals surface area contributed by atoms with Crippen LogP contribution in [0.15, 0.2) is 42.6 Å². The number of amides is 1. The summed E-state index contributed by atoms with van der Waals surface area (Å²) >= 11 is 0. The molecule has 0 unspecified atom stereocenters. The zero-order chi connectivity index (χ0) is 20.1. The van der Waals surface area contributed by atoms with Gasteiger partial charge in [0.1, 0.15) is 11.6 Å². The number of rotatable bonds is 7. The fraction of sp³-hybridized carbons (Fsp3) is 0.500. The fourth-order valence-electron chi connectivity index (χ4n) is 3.95. The molecular formula is C22H31N5O. The molecule has 1 aromatic carbocycles. The number of likely N-dealkylation sites (tertiary alicyclic amines) is 1. The first kappa shape index (κ1) is 20.3. The monoisotopic (exact) mass is 381 g/mol. The first-order chi connectivity index (χ1) is 13.5. The van der Waals surface area contributed by atoms with Gasteiger partial charge in [0.05, 0.1) is 12.5 Å². The van der Waals surface area contributed by atoms with Crippen LogP contribution in [-0.4, -0.2) is 51.9 Å². The largest absolute Gasteiger partial charge is 0.384 e. The number of hydrogen-bond donors (Lipinski definition) is 1. The van der Waals surface area contributed by atoms with Gasteiger partial charge in [-0.2, -0.15) is 0 Å². The van der Waals surface area contributed by atoms with Crippen LogP contribution in [0, 0.1) is 5.92 Å². The molecule has 6 nitrogen and oxygen atoms in total. The van der Waals surface area contributed by atoms with Crippen LogP contribution in [0.5, 0.6) is 0 Å². The van der Waals surface area contributed by atoms with Gasteiger partial charge in [-0.05, 0) is 31.0 Å². The highest BCUT2D eigenvalue weighted by Gasteiger charge is 2.35. The topological polar surface area (TPSA) is 75.4 Å². The number of nitrogens with two attached hydrogens (primary N) is 1. The Morgan fingerprint density at radius 2 is 2.07 bits per heavy atom. The van der Waals surface area contributed by atoms with Crippen molar-refractivity contribution in [2.75, 3.05) is 25.9 Å². The van der Waals surface area contributed by atoms with Crippen LogP contribution in [-0.2, 0) is 11.3 Å². The zero-order valence-electron chi connectivity index (χ0n) is 17.1. The normalized spacial score (nSPS) is 19.0. The van der Waals surface area contributed by atoms with E-state index in [9.17, 15) is 4.79 Å². The van der Waals surface area contributed by atoms with Crippen LogP contribution in [0.2, 0.25) is 0 Å². The van der Waals surface area contributed by atoms with E-state index in [0.29, 0.717) is 30.1 Å². The van der Waals surface area contributed by atoms with E-state index in [4.69, 9.17) is 5.73 Å². The van der Waals surface area contributed by atoms with Crippen molar-refractivity contribution < 1.29 is 4.79 Å². The Hall–Kier alpha value is -2.47. The van der Waals surface area contributed by atoms with Gasteiger partial charge in [0.2, 0.25) is 5.91 Å². The summed E-state index contributed by atoms with van der Waals surface area (Å²) in [6.07, 6.45) is 3.63. The Balaban J connectivity index is 1.66. The lowest BCUT2D eigenvalue weighted by Crippen LogP contribution is -2.39. The highest BCUT2D eigenvalue weighted by Crippen LogP contribution is 2.31. The van der Waals surface area contributed by atoms with Crippen molar-refractivity contribution in [2.24, 2.45) is 5.92 Å². The smallest absolute Gasteiger partial charge is 0.230 e. The molecule has 1 fully saturated rings. The Kier molecular flexibility index (Phi) is 6.62. The molecule has 1 aliphatic rings. The van der Waals surface area contributed by atoms with E-state index < -0.39 is 0 Å². The predicted molar refractivity (Wildman–Crippen MR) is 112 cm³/mol. The van der Waals surface area contributed by atoms with Crippen molar-refractivity contribution in [3.63, 3.8) is 0 Å². The number of aromatic nitrogens is 2. The van der Waals surface area contributed by atoms with E-state index >= 15 is 0 Å². The van der Waals surface area contributed by atoms with E-state index in [1.54, 1.807) is 12.3 Å². The molecule has 1 saturated heterocycles. The van der Waals surface area contributed by atoms with Gasteiger partial charge in [-0.15, -0.1) is 0 Å². The number of nitrogens with zero attached hydrogens (tertiary/aromatic N) is 4. The van der Waals surface area contributed by atoms with E-state index in [1.807, 2.05) is 23.1 Å². The van der Waals surface area contributed by atoms with E-state index in [-0.39, 0.29) is 11.8 Å². The maximum absolute atomic E-state index is 13.4. The van der Waals surface area contributed by atoms with E-state index in [0.717, 1.165) is 31.5 Å². The maximum Gasteiger partial charge on any atom is 0.230 e. The number of carbonyl (C=O) groups is 1. The van der Waals surface area contributed by atoms with Crippen molar-refractivity contribution in [1.82, 2.24) is 19.8 Å². The molecule has 2 N–H and O–H groups in total. The summed E-state index contributed by atoms with van der Waals surface area (Å²) in [5.74, 6) is 1.69. The minimum absolute atomic E-state index is 0.0764. The van der Waals surface area contributed by atoms with Crippen molar-refractivity contribution in [2.45, 2.75) is 45.2 Å². The van der Waals surface area contributed by atoms with Crippen molar-refractivity contribution in [3.8, 4) is 0 Å². The zero-order valence-corrected chi connectivity index (χ0v) is 17.1. The second-order valence-electron chi connectivity index (χ2n) is 7.81. The molecule has 1 amide bonds. The Labute approximate surface area is 167 Å². The van der Waals surface area contributed by atoms with Gasteiger partial charge in [-0.1, -0.05) is 50.6 Å². The number of carbonyl (C=O) groups excluding carboxylic acids is 1. The highest BCUT2D eigenvalue weighted by molar-refractivity contribution is 5.84. The standard InChI is InChI=1S/C22H31N5O/c1-4-16(2)21(17-8-6-5-7-9-17)22(28)27-13-11-18(14-27)26(3)15-20-24-12-10-19(23)25-20/h5-10,12,16,18,21H,4,11,13-15H2,1-3H3,(H2,23,24,25)/t16-,18+,21+/m0/s1. The number of hydrogen-bond acceptors (Lipinski definition) is 5. The summed E-state index contributed by atoms with van der Waals surface area (Å²) in [6.45, 7) is 6.50. The lowest BCUT2D eigenvalue weighted by molar-refractivity contribution is -0.133. The molecule has 1 aliphatic heterocycles. The minimum atomic E-state index is -0.0764. The summed E-state index contributed by atoms with van der Waals surface area (Å²) in [6, 6.07) is 12.2. The molecule has 3 atom stereocenters. The molecule has 0 bridgehead atoms. The summed E-state index contributed by atoms with van der Waals surface area (Å²) in [5.41, 5.74) is 6.87. The third-order valence-electron chi connectivity index (χ3n) is 5.85. The number of likely N-dealkylation sites (N-methyl/N-ethyl adjacent to an activating group) is 1. The molecule has 0 radical (unpaired) electrons. The number of benzene rings is 1. The van der Waals surface area contributed by atoms with Gasteiger partial charge < -0.3 is 10.6 Å². The van der Waals surface area contributed by atoms with Gasteiger partial charge in [0, 0.05) is 25.3 Å². The van der Waals surface area contributed by atoms with Crippen LogP contribution in [0.25, 0.3) is 0 Å². The fourth-order valence-corrected chi connectivity index (χ4v) is 3.95. The van der Waals surface area contributed by atoms with Crippen LogP contribution in [0.3, 0.4) is 0 Å². The van der Waals surface area contributed by atoms with Crippen molar-refractivity contribution in [3.05, 3.63) is 54.0 Å². The Bertz CT molecular complexity index is 782. The summed E-state index contributed by atoms with van der Waals surface area (Å²) in [4.78, 5) is 26.2. The molecule has 6 heteroatoms. The van der Waals surface area contributed by atoms with Gasteiger partial charge >= 0.3 is 0 Å². The first-order valence-electron chi connectivity index (χ1n) is 10.1. The van der Waals surface area contributed by atoms with Crippen molar-refractivity contribution >= 4 is 11.7 Å². The molecule has 0 spiro atoms. The van der Waals surface area contributed by atoms with Gasteiger partial charge in [-0.3, -0.25) is 9.69 Å². The average Bonchev–Trinajstić information content (AvgIpc) is 3.19. The quantitative estimate of drug-likeness (QED) is 0.798. The SMILES string of the molecule is CC[C@H](C)[C@@H](C(=O)N1CC[C@@H](N(C)Cc2nccc(N)n2)C1)c1ccccc1. The molecule has 0 saturated carbocycles. The molecule has 0 aliphatic carbocycles. The minimum Gasteiger partial charge on any atom is -0.384 e. The predicted octanol–water partition coefficient (Wildman–Crippen LogP) is 2.92. The second-order valence-corrected chi connectivity index (χ2v) is 7.81. The van der Waals surface area contributed by atoms with Crippen LogP contribution in [0.4, 0.5) is 5.82 Å². The van der Waals surface area contributed by atoms with E-state index in [2.05, 4.69) is 47.9 Å². The van der Waals surface area contributed by atoms with Crippen LogP contribution >= 0.6 is 0 Å². The number of anilines is 1. The summed E-state index contributed by atoms with van der Waals surface area (Å²) in [7, 11) is 2.06. The highest BCUT2D eigenvalue weighted by atomic mass is 16.2. The summed E-state index contributed by atoms with van der Waals surface area (Å²) in [5, 5.41) is 0. The van der Waals surface area contributed by atoms with Crippen molar-refractivity contribution in [1.29, 1.82) is 0 Å². The number of nitrogen functional groups attached to an aromatic ring is 1. The van der Waals surface area contributed by atoms with Crippen LogP contribution < -0.4 is 5.73 Å². The molecule has 2 heterocycles. The maximum atomic E-state index is 13.4. The van der Waals surface area contributed by atoms with Crippen LogP contribution in [0.1, 0.15) is 44.0 Å². The third kappa shape index (κ3) is 4.68. The van der Waals surface area contributed by atoms with Gasteiger partial charge in [-0.25, -0.2) is 9.97 Å². The molecule has 1 aromatic heterocycles. The van der Waals surface area contributed by atoms with E-state index in [1.165, 1.54) is 0 Å². The summed E-state index contributed by atoms with van der Waals surface area (Å²) < 4.78 is 0. The van der Waals surface area contributed by atoms with Gasteiger partial charge in [0.15, 0.2) is 0 Å². The lowest BCUT2D eigenvalue weighted by Gasteiger charge is -2.29. The second kappa shape index (κ2) is 9.15. The Morgan fingerprint density at radius 1 is 1.32 bits per heavy atom. The molecule has 2 aromatic rings. The molecular weight excluding hydrogens is 350 g/mol. The lowest BCUT2D eigenvalue weighted by atomic mass is 9.84. The third-order valence-corrected chi connectivity index (χ3v) is 5.85. The molecule has 28 heavy (non-hydrogen) atoms. The average molecular weight is 382 g/mol. The molecule has 3 rings (SSSR count). The van der Waals surface area contributed by atoms with Gasteiger partial charge in [0.25, 0.3) is 0 Å².